The molecule has 0 saturated carbocycles. The minimum atomic E-state index is -0.172. The number of hydrogen-bond acceptors (Lipinski definition) is 4. The smallest absolute Gasteiger partial charge is 0.232 e. The zero-order valence-corrected chi connectivity index (χ0v) is 14.5. The monoisotopic (exact) mass is 333 g/mol. The number of nitrogens with zero attached hydrogens (tertiary/aromatic N) is 3. The van der Waals surface area contributed by atoms with E-state index in [2.05, 4.69) is 10.1 Å². The zero-order valence-electron chi connectivity index (χ0n) is 13.8. The Morgan fingerprint density at radius 1 is 1.35 bits per heavy atom. The van der Waals surface area contributed by atoms with Gasteiger partial charge in [0.25, 0.3) is 0 Å². The largest absolute Gasteiger partial charge is 0.339 e. The highest BCUT2D eigenvalue weighted by atomic mass is 35.5. The summed E-state index contributed by atoms with van der Waals surface area (Å²) in [6.07, 6.45) is 0.372. The van der Waals surface area contributed by atoms with Gasteiger partial charge in [-0.25, -0.2) is 0 Å². The summed E-state index contributed by atoms with van der Waals surface area (Å²) in [5.74, 6) is 1.16. The van der Waals surface area contributed by atoms with E-state index in [1.165, 1.54) is 0 Å². The van der Waals surface area contributed by atoms with E-state index in [0.717, 1.165) is 11.3 Å². The Morgan fingerprint density at radius 3 is 2.70 bits per heavy atom. The number of hydrogen-bond donors (Lipinski definition) is 0. The average Bonchev–Trinajstić information content (AvgIpc) is 3.08. The lowest BCUT2D eigenvalue weighted by Crippen LogP contribution is -2.24. The zero-order chi connectivity index (χ0) is 16.8. The van der Waals surface area contributed by atoms with Crippen LogP contribution < -0.4 is 4.90 Å². The van der Waals surface area contributed by atoms with Gasteiger partial charge in [-0.2, -0.15) is 4.98 Å². The summed E-state index contributed by atoms with van der Waals surface area (Å²) < 4.78 is 5.38. The first-order valence-electron chi connectivity index (χ1n) is 7.66. The molecule has 1 atom stereocenters. The highest BCUT2D eigenvalue weighted by molar-refractivity contribution is 6.31. The molecule has 1 aliphatic rings. The Morgan fingerprint density at radius 2 is 2.09 bits per heavy atom. The summed E-state index contributed by atoms with van der Waals surface area (Å²) in [5.41, 5.74) is 1.63. The van der Waals surface area contributed by atoms with Crippen molar-refractivity contribution in [2.75, 3.05) is 11.4 Å². The van der Waals surface area contributed by atoms with Crippen LogP contribution in [0, 0.1) is 6.92 Å². The van der Waals surface area contributed by atoms with Crippen LogP contribution >= 0.6 is 11.6 Å². The highest BCUT2D eigenvalue weighted by Crippen LogP contribution is 2.33. The summed E-state index contributed by atoms with van der Waals surface area (Å²) in [4.78, 5) is 18.6. The Balaban J connectivity index is 1.82. The lowest BCUT2D eigenvalue weighted by atomic mass is 9.96. The topological polar surface area (TPSA) is 59.2 Å². The second-order valence-electron chi connectivity index (χ2n) is 7.05. The van der Waals surface area contributed by atoms with E-state index in [4.69, 9.17) is 16.1 Å². The van der Waals surface area contributed by atoms with Crippen LogP contribution in [0.1, 0.15) is 50.4 Å². The van der Waals surface area contributed by atoms with Crippen LogP contribution in [0.4, 0.5) is 5.69 Å². The molecular weight excluding hydrogens is 314 g/mol. The normalized spacial score (nSPS) is 18.7. The fourth-order valence-electron chi connectivity index (χ4n) is 2.58. The van der Waals surface area contributed by atoms with Gasteiger partial charge in [0.15, 0.2) is 5.82 Å². The first-order chi connectivity index (χ1) is 10.8. The van der Waals surface area contributed by atoms with Crippen LogP contribution in [0.2, 0.25) is 5.02 Å². The molecule has 6 heteroatoms. The lowest BCUT2D eigenvalue weighted by molar-refractivity contribution is -0.117. The van der Waals surface area contributed by atoms with Crippen molar-refractivity contribution in [3.05, 3.63) is 40.5 Å². The van der Waals surface area contributed by atoms with Crippen LogP contribution in [-0.2, 0) is 10.2 Å². The van der Waals surface area contributed by atoms with Gasteiger partial charge in [0.2, 0.25) is 11.8 Å². The summed E-state index contributed by atoms with van der Waals surface area (Å²) in [5, 5.41) is 4.70. The second-order valence-corrected chi connectivity index (χ2v) is 7.45. The Kier molecular flexibility index (Phi) is 3.92. The van der Waals surface area contributed by atoms with Gasteiger partial charge in [-0.05, 0) is 24.6 Å². The molecule has 0 N–H and O–H groups in total. The van der Waals surface area contributed by atoms with Crippen LogP contribution in [-0.4, -0.2) is 22.6 Å². The molecule has 0 spiro atoms. The molecule has 1 aromatic carbocycles. The average molecular weight is 334 g/mol. The molecule has 2 aromatic rings. The maximum absolute atomic E-state index is 12.4. The van der Waals surface area contributed by atoms with Crippen LogP contribution in [0.25, 0.3) is 0 Å². The Labute approximate surface area is 140 Å². The van der Waals surface area contributed by atoms with E-state index in [-0.39, 0.29) is 17.2 Å². The van der Waals surface area contributed by atoms with Gasteiger partial charge >= 0.3 is 0 Å². The van der Waals surface area contributed by atoms with Crippen molar-refractivity contribution in [3.63, 3.8) is 0 Å². The second kappa shape index (κ2) is 5.64. The van der Waals surface area contributed by atoms with Gasteiger partial charge < -0.3 is 9.42 Å². The summed E-state index contributed by atoms with van der Waals surface area (Å²) in [6.45, 7) is 8.56. The fourth-order valence-corrected chi connectivity index (χ4v) is 2.75. The van der Waals surface area contributed by atoms with Crippen LogP contribution in [0.15, 0.2) is 22.7 Å². The third-order valence-electron chi connectivity index (χ3n) is 4.05. The van der Waals surface area contributed by atoms with Crippen molar-refractivity contribution in [1.29, 1.82) is 0 Å². The van der Waals surface area contributed by atoms with Crippen molar-refractivity contribution in [2.24, 2.45) is 0 Å². The van der Waals surface area contributed by atoms with Gasteiger partial charge in [-0.1, -0.05) is 43.6 Å². The third-order valence-corrected chi connectivity index (χ3v) is 4.46. The van der Waals surface area contributed by atoms with Gasteiger partial charge in [0.1, 0.15) is 0 Å². The van der Waals surface area contributed by atoms with E-state index in [9.17, 15) is 4.79 Å². The quantitative estimate of drug-likeness (QED) is 0.837. The molecular formula is C17H20ClN3O2. The molecule has 0 aliphatic carbocycles. The molecule has 1 unspecified atom stereocenters. The number of amides is 1. The number of aromatic nitrogens is 2. The number of rotatable bonds is 2. The Bertz CT molecular complexity index is 749. The summed E-state index contributed by atoms with van der Waals surface area (Å²) >= 11 is 6.17. The van der Waals surface area contributed by atoms with E-state index in [1.807, 2.05) is 45.9 Å². The predicted octanol–water partition coefficient (Wildman–Crippen LogP) is 3.85. The van der Waals surface area contributed by atoms with E-state index < -0.39 is 0 Å². The van der Waals surface area contributed by atoms with Crippen LogP contribution in [0.3, 0.4) is 0 Å². The molecule has 1 amide bonds. The van der Waals surface area contributed by atoms with Gasteiger partial charge in [0, 0.05) is 29.1 Å². The van der Waals surface area contributed by atoms with Crippen molar-refractivity contribution in [3.8, 4) is 0 Å². The molecule has 2 heterocycles. The molecule has 23 heavy (non-hydrogen) atoms. The van der Waals surface area contributed by atoms with Gasteiger partial charge in [-0.15, -0.1) is 0 Å². The SMILES string of the molecule is Cc1ccc(N2CC(c3nc(C(C)(C)C)no3)CC2=O)cc1Cl. The number of carbonyl (C=O) groups is 1. The molecule has 1 aromatic heterocycles. The maximum Gasteiger partial charge on any atom is 0.232 e. The molecule has 1 saturated heterocycles. The number of carbonyl (C=O) groups excluding carboxylic acids is 1. The number of benzene rings is 1. The molecule has 1 fully saturated rings. The van der Waals surface area contributed by atoms with E-state index in [0.29, 0.717) is 29.7 Å². The van der Waals surface area contributed by atoms with Crippen LogP contribution in [0.5, 0.6) is 0 Å². The molecule has 5 nitrogen and oxygen atoms in total. The van der Waals surface area contributed by atoms with Crippen molar-refractivity contribution in [2.45, 2.75) is 45.4 Å². The number of halogens is 1. The standard InChI is InChI=1S/C17H20ClN3O2/c1-10-5-6-12(8-13(10)18)21-9-11(7-14(21)22)15-19-16(20-23-15)17(2,3)4/h5-6,8,11H,7,9H2,1-4H3. The Hall–Kier alpha value is -1.88. The van der Waals surface area contributed by atoms with E-state index in [1.54, 1.807) is 4.90 Å². The van der Waals surface area contributed by atoms with Gasteiger partial charge in [0.05, 0.1) is 5.92 Å². The fraction of sp³-hybridized carbons (Fsp3) is 0.471. The first-order valence-corrected chi connectivity index (χ1v) is 8.04. The molecule has 1 aliphatic heterocycles. The minimum absolute atomic E-state index is 0.0467. The lowest BCUT2D eigenvalue weighted by Gasteiger charge is -2.17. The molecule has 122 valence electrons. The number of anilines is 1. The van der Waals surface area contributed by atoms with Crippen molar-refractivity contribution >= 4 is 23.2 Å². The highest BCUT2D eigenvalue weighted by Gasteiger charge is 2.36. The molecule has 0 bridgehead atoms. The third kappa shape index (κ3) is 3.11. The minimum Gasteiger partial charge on any atom is -0.339 e. The predicted molar refractivity (Wildman–Crippen MR) is 88.9 cm³/mol. The summed E-state index contributed by atoms with van der Waals surface area (Å²) in [6, 6.07) is 5.66. The number of aryl methyl sites for hydroxylation is 1. The van der Waals surface area contributed by atoms with Crippen molar-refractivity contribution in [1.82, 2.24) is 10.1 Å². The molecule has 0 radical (unpaired) electrons. The van der Waals surface area contributed by atoms with E-state index >= 15 is 0 Å². The van der Waals surface area contributed by atoms with Crippen molar-refractivity contribution < 1.29 is 9.32 Å². The molecule has 3 rings (SSSR count). The maximum atomic E-state index is 12.4. The first kappa shape index (κ1) is 16.0. The summed E-state index contributed by atoms with van der Waals surface area (Å²) in [7, 11) is 0. The van der Waals surface area contributed by atoms with Gasteiger partial charge in [-0.3, -0.25) is 4.79 Å².